The summed E-state index contributed by atoms with van der Waals surface area (Å²) in [5.74, 6) is -0.252. The van der Waals surface area contributed by atoms with Gasteiger partial charge < -0.3 is 25.4 Å². The van der Waals surface area contributed by atoms with Crippen molar-refractivity contribution in [3.8, 4) is 16.9 Å². The zero-order valence-electron chi connectivity index (χ0n) is 22.0. The summed E-state index contributed by atoms with van der Waals surface area (Å²) in [5.41, 5.74) is 3.54. The molecular weight excluding hydrogens is 500 g/mol. The number of carbonyl (C=O) groups is 2. The van der Waals surface area contributed by atoms with E-state index in [-0.39, 0.29) is 29.4 Å². The van der Waals surface area contributed by atoms with Gasteiger partial charge in [0.05, 0.1) is 46.2 Å². The third-order valence-electron chi connectivity index (χ3n) is 7.31. The maximum atomic E-state index is 13.1. The fraction of sp³-hybridized carbons (Fsp3) is 0.310. The molecule has 3 N–H and O–H groups in total. The van der Waals surface area contributed by atoms with Crippen molar-refractivity contribution in [2.75, 3.05) is 30.9 Å². The van der Waals surface area contributed by atoms with Gasteiger partial charge in [0.15, 0.2) is 5.75 Å². The van der Waals surface area contributed by atoms with E-state index in [9.17, 15) is 19.7 Å². The van der Waals surface area contributed by atoms with Gasteiger partial charge in [-0.3, -0.25) is 19.7 Å². The molecule has 1 fully saturated rings. The van der Waals surface area contributed by atoms with Crippen LogP contribution >= 0.6 is 0 Å². The number of hydrogen-bond acceptors (Lipinski definition) is 7. The van der Waals surface area contributed by atoms with Gasteiger partial charge in [0.1, 0.15) is 0 Å². The van der Waals surface area contributed by atoms with Gasteiger partial charge in [-0.2, -0.15) is 0 Å². The second-order valence-electron chi connectivity index (χ2n) is 10.2. The quantitative estimate of drug-likeness (QED) is 0.284. The Bertz CT molecular complexity index is 1460. The molecule has 39 heavy (non-hydrogen) atoms. The van der Waals surface area contributed by atoms with Gasteiger partial charge >= 0.3 is 5.69 Å². The van der Waals surface area contributed by atoms with Crippen LogP contribution in [0.25, 0.3) is 11.1 Å². The fourth-order valence-corrected chi connectivity index (χ4v) is 4.88. The number of nitrogens with one attached hydrogen (secondary N) is 3. The molecule has 10 heteroatoms. The molecular formula is C29H30N4O6. The molecule has 3 aromatic carbocycles. The van der Waals surface area contributed by atoms with Crippen LogP contribution in [0.5, 0.6) is 5.75 Å². The number of carbonyl (C=O) groups excluding carboxylic acids is 2. The molecule has 1 unspecified atom stereocenters. The molecule has 5 rings (SSSR count). The number of hydrogen-bond donors (Lipinski definition) is 3. The van der Waals surface area contributed by atoms with Crippen molar-refractivity contribution >= 4 is 34.6 Å². The first kappa shape index (κ1) is 26.2. The van der Waals surface area contributed by atoms with Crippen molar-refractivity contribution in [2.45, 2.75) is 38.2 Å². The van der Waals surface area contributed by atoms with Gasteiger partial charge in [0.25, 0.3) is 5.91 Å². The van der Waals surface area contributed by atoms with E-state index in [4.69, 9.17) is 9.47 Å². The van der Waals surface area contributed by atoms with Gasteiger partial charge in [-0.25, -0.2) is 0 Å². The monoisotopic (exact) mass is 530 g/mol. The molecule has 0 saturated carbocycles. The summed E-state index contributed by atoms with van der Waals surface area (Å²) in [6.07, 6.45) is 2.00. The second-order valence-corrected chi connectivity index (χ2v) is 10.2. The predicted molar refractivity (Wildman–Crippen MR) is 148 cm³/mol. The molecule has 0 spiro atoms. The number of anilines is 3. The highest BCUT2D eigenvalue weighted by atomic mass is 16.6. The summed E-state index contributed by atoms with van der Waals surface area (Å²) in [7, 11) is 1.38. The van der Waals surface area contributed by atoms with Crippen LogP contribution in [0.2, 0.25) is 0 Å². The molecule has 1 atom stereocenters. The van der Waals surface area contributed by atoms with Crippen molar-refractivity contribution < 1.29 is 24.0 Å². The minimum atomic E-state index is -0.834. The number of amides is 2. The Hall–Kier alpha value is -4.44. The van der Waals surface area contributed by atoms with Crippen molar-refractivity contribution in [2.24, 2.45) is 0 Å². The van der Waals surface area contributed by atoms with Crippen LogP contribution in [-0.4, -0.2) is 43.1 Å². The standard InChI is InChI=1S/C29H30N4O6/c1-29(2,28(35)30-16-20-5-4-12-39-20)19-8-10-22-24(15-19)32-27(34)21-9-6-17(13-23(21)31-22)18-7-11-25(33(36)37)26(14-18)38-3/h6-11,13-15,20,31H,4-5,12,16H2,1-3H3,(H,30,35)(H,32,34). The lowest BCUT2D eigenvalue weighted by atomic mass is 9.83. The number of fused-ring (bicyclic) bond motifs is 2. The van der Waals surface area contributed by atoms with Crippen molar-refractivity contribution in [3.05, 3.63) is 75.8 Å². The van der Waals surface area contributed by atoms with Crippen LogP contribution in [0, 0.1) is 10.1 Å². The summed E-state index contributed by atoms with van der Waals surface area (Å²) in [6.45, 7) is 4.91. The summed E-state index contributed by atoms with van der Waals surface area (Å²) in [6, 6.07) is 15.5. The molecule has 0 aromatic heterocycles. The average Bonchev–Trinajstić information content (AvgIpc) is 3.41. The van der Waals surface area contributed by atoms with Crippen LogP contribution < -0.4 is 20.7 Å². The van der Waals surface area contributed by atoms with E-state index in [2.05, 4.69) is 16.0 Å². The maximum absolute atomic E-state index is 13.1. The largest absolute Gasteiger partial charge is 0.490 e. The normalized spacial score (nSPS) is 16.3. The van der Waals surface area contributed by atoms with Gasteiger partial charge in [-0.1, -0.05) is 12.1 Å². The number of nitro benzene ring substituents is 1. The van der Waals surface area contributed by atoms with Gasteiger partial charge in [-0.05, 0) is 79.8 Å². The minimum absolute atomic E-state index is 0.0516. The lowest BCUT2D eigenvalue weighted by molar-refractivity contribution is -0.385. The van der Waals surface area contributed by atoms with Crippen molar-refractivity contribution in [1.29, 1.82) is 0 Å². The molecule has 1 saturated heterocycles. The van der Waals surface area contributed by atoms with E-state index in [0.29, 0.717) is 34.7 Å². The molecule has 2 aliphatic heterocycles. The number of nitro groups is 1. The molecule has 2 heterocycles. The highest BCUT2D eigenvalue weighted by molar-refractivity contribution is 6.12. The topological polar surface area (TPSA) is 132 Å². The lowest BCUT2D eigenvalue weighted by Gasteiger charge is -2.26. The third kappa shape index (κ3) is 5.15. The zero-order valence-corrected chi connectivity index (χ0v) is 22.0. The molecule has 0 aliphatic carbocycles. The van der Waals surface area contributed by atoms with Crippen LogP contribution in [-0.2, 0) is 14.9 Å². The maximum Gasteiger partial charge on any atom is 0.310 e. The van der Waals surface area contributed by atoms with Crippen molar-refractivity contribution in [1.82, 2.24) is 5.32 Å². The SMILES string of the molecule is COc1cc(-c2ccc3c(c2)Nc2ccc(C(C)(C)C(=O)NCC4CCCO4)cc2NC3=O)ccc1[N+](=O)[O-]. The average molecular weight is 531 g/mol. The minimum Gasteiger partial charge on any atom is -0.490 e. The Morgan fingerprint density at radius 1 is 1.08 bits per heavy atom. The van der Waals surface area contributed by atoms with Gasteiger partial charge in [0.2, 0.25) is 5.91 Å². The molecule has 10 nitrogen and oxygen atoms in total. The number of benzene rings is 3. The molecule has 0 bridgehead atoms. The highest BCUT2D eigenvalue weighted by Gasteiger charge is 2.32. The van der Waals surface area contributed by atoms with E-state index >= 15 is 0 Å². The van der Waals surface area contributed by atoms with Gasteiger partial charge in [0, 0.05) is 19.2 Å². The van der Waals surface area contributed by atoms with Crippen molar-refractivity contribution in [3.63, 3.8) is 0 Å². The molecule has 0 radical (unpaired) electrons. The lowest BCUT2D eigenvalue weighted by Crippen LogP contribution is -2.43. The van der Waals surface area contributed by atoms with E-state index in [0.717, 1.165) is 30.6 Å². The molecule has 2 aliphatic rings. The first-order chi connectivity index (χ1) is 18.7. The Balaban J connectivity index is 1.41. The second kappa shape index (κ2) is 10.4. The molecule has 2 amide bonds. The molecule has 3 aromatic rings. The highest BCUT2D eigenvalue weighted by Crippen LogP contribution is 2.38. The predicted octanol–water partition coefficient (Wildman–Crippen LogP) is 5.15. The summed E-state index contributed by atoms with van der Waals surface area (Å²) in [4.78, 5) is 37.0. The Kier molecular flexibility index (Phi) is 6.96. The number of methoxy groups -OCH3 is 1. The summed E-state index contributed by atoms with van der Waals surface area (Å²) in [5, 5.41) is 20.6. The first-order valence-electron chi connectivity index (χ1n) is 12.8. The molecule has 202 valence electrons. The van der Waals surface area contributed by atoms with Crippen LogP contribution in [0.15, 0.2) is 54.6 Å². The first-order valence-corrected chi connectivity index (χ1v) is 12.8. The number of ether oxygens (including phenoxy) is 2. The van der Waals surface area contributed by atoms with E-state index in [1.165, 1.54) is 13.2 Å². The van der Waals surface area contributed by atoms with Crippen LogP contribution in [0.1, 0.15) is 42.6 Å². The van der Waals surface area contributed by atoms with E-state index in [1.807, 2.05) is 38.1 Å². The number of nitrogens with zero attached hydrogens (tertiary/aromatic N) is 1. The summed E-state index contributed by atoms with van der Waals surface area (Å²) >= 11 is 0. The van der Waals surface area contributed by atoms with Crippen LogP contribution in [0.4, 0.5) is 22.7 Å². The summed E-state index contributed by atoms with van der Waals surface area (Å²) < 4.78 is 10.8. The fourth-order valence-electron chi connectivity index (χ4n) is 4.88. The smallest absolute Gasteiger partial charge is 0.310 e. The Labute approximate surface area is 225 Å². The van der Waals surface area contributed by atoms with E-state index < -0.39 is 10.3 Å². The van der Waals surface area contributed by atoms with Gasteiger partial charge in [-0.15, -0.1) is 0 Å². The Morgan fingerprint density at radius 2 is 1.85 bits per heavy atom. The number of rotatable bonds is 7. The Morgan fingerprint density at radius 3 is 2.56 bits per heavy atom. The van der Waals surface area contributed by atoms with Crippen LogP contribution in [0.3, 0.4) is 0 Å². The third-order valence-corrected chi connectivity index (χ3v) is 7.31. The van der Waals surface area contributed by atoms with E-state index in [1.54, 1.807) is 24.3 Å². The zero-order chi connectivity index (χ0) is 27.7.